The van der Waals surface area contributed by atoms with Gasteiger partial charge in [-0.25, -0.2) is 0 Å². The lowest BCUT2D eigenvalue weighted by atomic mass is 10.1. The third kappa shape index (κ3) is 6.52. The molecule has 0 aliphatic heterocycles. The van der Waals surface area contributed by atoms with Gasteiger partial charge < -0.3 is 15.4 Å². The molecular weight excluding hydrogens is 456 g/mol. The van der Waals surface area contributed by atoms with Crippen molar-refractivity contribution < 1.29 is 14.3 Å². The number of hydrogen-bond donors (Lipinski definition) is 2. The van der Waals surface area contributed by atoms with E-state index >= 15 is 0 Å². The molecule has 4 aromatic rings. The van der Waals surface area contributed by atoms with Gasteiger partial charge in [-0.1, -0.05) is 54.1 Å². The number of nitrogens with one attached hydrogen (secondary N) is 2. The van der Waals surface area contributed by atoms with Crippen molar-refractivity contribution in [2.24, 2.45) is 0 Å². The molecule has 6 heteroatoms. The molecule has 176 valence electrons. The van der Waals surface area contributed by atoms with Gasteiger partial charge in [0.25, 0.3) is 5.91 Å². The summed E-state index contributed by atoms with van der Waals surface area (Å²) in [5.74, 6) is 0.361. The smallest absolute Gasteiger partial charge is 0.255 e. The molecule has 0 heterocycles. The first-order valence-corrected chi connectivity index (χ1v) is 12.0. The molecule has 0 aromatic heterocycles. The molecule has 0 radical (unpaired) electrons. The van der Waals surface area contributed by atoms with Crippen LogP contribution < -0.4 is 15.4 Å². The van der Waals surface area contributed by atoms with Gasteiger partial charge in [0.2, 0.25) is 5.91 Å². The molecule has 4 rings (SSSR count). The highest BCUT2D eigenvalue weighted by Crippen LogP contribution is 2.37. The predicted octanol–water partition coefficient (Wildman–Crippen LogP) is 6.73. The summed E-state index contributed by atoms with van der Waals surface area (Å²) in [5, 5.41) is 5.49. The Morgan fingerprint density at radius 1 is 0.771 bits per heavy atom. The minimum atomic E-state index is -0.468. The Bertz CT molecular complexity index is 1290. The van der Waals surface area contributed by atoms with Crippen molar-refractivity contribution in [2.45, 2.75) is 17.1 Å². The number of thioether (sulfide) groups is 1. The number of carbonyl (C=O) groups excluding carboxylic acids is 2. The topological polar surface area (TPSA) is 67.4 Å². The van der Waals surface area contributed by atoms with Crippen molar-refractivity contribution in [1.29, 1.82) is 0 Å². The first kappa shape index (κ1) is 24.1. The lowest BCUT2D eigenvalue weighted by Gasteiger charge is -2.18. The molecule has 2 N–H and O–H groups in total. The average Bonchev–Trinajstić information content (AvgIpc) is 2.89. The van der Waals surface area contributed by atoms with E-state index in [-0.39, 0.29) is 11.8 Å². The Kier molecular flexibility index (Phi) is 7.85. The number of amides is 2. The molecule has 4 aromatic carbocycles. The van der Waals surface area contributed by atoms with Crippen LogP contribution in [0.2, 0.25) is 0 Å². The fourth-order valence-electron chi connectivity index (χ4n) is 3.47. The lowest BCUT2D eigenvalue weighted by Crippen LogP contribution is -2.19. The van der Waals surface area contributed by atoms with Gasteiger partial charge in [0.05, 0.1) is 7.11 Å². The van der Waals surface area contributed by atoms with Crippen LogP contribution in [-0.4, -0.2) is 18.9 Å². The number of methoxy groups -OCH3 is 1. The molecule has 0 spiro atoms. The Morgan fingerprint density at radius 3 is 2.17 bits per heavy atom. The van der Waals surface area contributed by atoms with Crippen molar-refractivity contribution in [1.82, 2.24) is 0 Å². The van der Waals surface area contributed by atoms with Gasteiger partial charge in [0.1, 0.15) is 11.0 Å². The van der Waals surface area contributed by atoms with Gasteiger partial charge in [-0.2, -0.15) is 0 Å². The Morgan fingerprint density at radius 2 is 1.49 bits per heavy atom. The van der Waals surface area contributed by atoms with Gasteiger partial charge in [0, 0.05) is 21.8 Å². The highest BCUT2D eigenvalue weighted by atomic mass is 32.2. The highest BCUT2D eigenvalue weighted by Gasteiger charge is 2.22. The number of benzene rings is 4. The number of aryl methyl sites for hydroxylation is 1. The van der Waals surface area contributed by atoms with Crippen LogP contribution in [0.1, 0.15) is 26.7 Å². The summed E-state index contributed by atoms with van der Waals surface area (Å²) in [6, 6.07) is 31.8. The van der Waals surface area contributed by atoms with Crippen LogP contribution in [-0.2, 0) is 4.79 Å². The molecule has 0 bridgehead atoms. The van der Waals surface area contributed by atoms with Crippen LogP contribution in [0.25, 0.3) is 0 Å². The minimum absolute atomic E-state index is 0.113. The van der Waals surface area contributed by atoms with E-state index in [2.05, 4.69) is 10.6 Å². The Labute approximate surface area is 209 Å². The zero-order valence-electron chi connectivity index (χ0n) is 19.5. The van der Waals surface area contributed by atoms with Crippen LogP contribution in [0, 0.1) is 6.92 Å². The quantitative estimate of drug-likeness (QED) is 0.273. The van der Waals surface area contributed by atoms with E-state index in [0.717, 1.165) is 21.7 Å². The zero-order chi connectivity index (χ0) is 24.6. The van der Waals surface area contributed by atoms with E-state index in [4.69, 9.17) is 4.74 Å². The molecule has 0 saturated carbocycles. The van der Waals surface area contributed by atoms with Crippen LogP contribution >= 0.6 is 11.8 Å². The number of ether oxygens (including phenoxy) is 1. The molecular formula is C29H26N2O3S. The normalized spacial score (nSPS) is 11.4. The molecule has 0 fully saturated rings. The fraction of sp³-hybridized carbons (Fsp3) is 0.103. The summed E-state index contributed by atoms with van der Waals surface area (Å²) >= 11 is 1.43. The second-order valence-corrected chi connectivity index (χ2v) is 9.15. The first-order chi connectivity index (χ1) is 17.0. The lowest BCUT2D eigenvalue weighted by molar-refractivity contribution is -0.115. The number of carbonyl (C=O) groups is 2. The minimum Gasteiger partial charge on any atom is -0.497 e. The van der Waals surface area contributed by atoms with E-state index in [1.54, 1.807) is 31.4 Å². The molecule has 0 aliphatic carbocycles. The Balaban J connectivity index is 1.51. The fourth-order valence-corrected chi connectivity index (χ4v) is 4.56. The van der Waals surface area contributed by atoms with E-state index < -0.39 is 5.25 Å². The number of anilines is 2. The largest absolute Gasteiger partial charge is 0.497 e. The highest BCUT2D eigenvalue weighted by molar-refractivity contribution is 8.00. The van der Waals surface area contributed by atoms with Crippen molar-refractivity contribution in [3.63, 3.8) is 0 Å². The van der Waals surface area contributed by atoms with Gasteiger partial charge in [-0.3, -0.25) is 9.59 Å². The summed E-state index contributed by atoms with van der Waals surface area (Å²) < 4.78 is 5.15. The van der Waals surface area contributed by atoms with Crippen molar-refractivity contribution in [3.05, 3.63) is 120 Å². The summed E-state index contributed by atoms with van der Waals surface area (Å²) in [7, 11) is 1.59. The van der Waals surface area contributed by atoms with E-state index in [1.807, 2.05) is 85.8 Å². The molecule has 5 nitrogen and oxygen atoms in total. The summed E-state index contributed by atoms with van der Waals surface area (Å²) in [6.07, 6.45) is 0. The predicted molar refractivity (Wildman–Crippen MR) is 142 cm³/mol. The van der Waals surface area contributed by atoms with Crippen molar-refractivity contribution >= 4 is 35.0 Å². The van der Waals surface area contributed by atoms with Crippen LogP contribution in [0.4, 0.5) is 11.4 Å². The van der Waals surface area contributed by atoms with Crippen molar-refractivity contribution in [2.75, 3.05) is 17.7 Å². The van der Waals surface area contributed by atoms with Gasteiger partial charge in [-0.15, -0.1) is 11.8 Å². The molecule has 1 unspecified atom stereocenters. The maximum absolute atomic E-state index is 13.3. The number of rotatable bonds is 8. The molecule has 0 saturated heterocycles. The molecule has 1 atom stereocenters. The Hall–Kier alpha value is -4.03. The molecule has 35 heavy (non-hydrogen) atoms. The molecule has 2 amide bonds. The van der Waals surface area contributed by atoms with E-state index in [9.17, 15) is 9.59 Å². The van der Waals surface area contributed by atoms with Crippen molar-refractivity contribution in [3.8, 4) is 5.75 Å². The summed E-state index contributed by atoms with van der Waals surface area (Å²) in [4.78, 5) is 26.8. The monoisotopic (exact) mass is 482 g/mol. The average molecular weight is 483 g/mol. The third-order valence-electron chi connectivity index (χ3n) is 5.36. The first-order valence-electron chi connectivity index (χ1n) is 11.2. The summed E-state index contributed by atoms with van der Waals surface area (Å²) in [6.45, 7) is 2.01. The maximum Gasteiger partial charge on any atom is 0.255 e. The van der Waals surface area contributed by atoms with Crippen LogP contribution in [0.5, 0.6) is 5.75 Å². The van der Waals surface area contributed by atoms with E-state index in [1.165, 1.54) is 11.8 Å². The number of hydrogen-bond acceptors (Lipinski definition) is 4. The summed E-state index contributed by atoms with van der Waals surface area (Å²) in [5.41, 5.74) is 3.97. The second-order valence-electron chi connectivity index (χ2n) is 7.97. The standard InChI is InChI=1S/C29H26N2O3S/c1-20-11-15-23(16-12-20)30-29(33)27(21-7-4-3-5-8-21)35-26-10-6-9-24(19-26)31-28(32)22-13-17-25(34-2)18-14-22/h3-19,27H,1-2H3,(H,30,33)(H,31,32). The van der Waals surface area contributed by atoms with Gasteiger partial charge >= 0.3 is 0 Å². The van der Waals surface area contributed by atoms with E-state index in [0.29, 0.717) is 17.0 Å². The molecule has 0 aliphatic rings. The SMILES string of the molecule is COc1ccc(C(=O)Nc2cccc(SC(C(=O)Nc3ccc(C)cc3)c3ccccc3)c2)cc1. The zero-order valence-corrected chi connectivity index (χ0v) is 20.3. The van der Waals surface area contributed by atoms with Crippen LogP contribution in [0.3, 0.4) is 0 Å². The maximum atomic E-state index is 13.3. The second kappa shape index (κ2) is 11.4. The third-order valence-corrected chi connectivity index (χ3v) is 6.61. The van der Waals surface area contributed by atoms with Gasteiger partial charge in [-0.05, 0) is 67.1 Å². The van der Waals surface area contributed by atoms with Gasteiger partial charge in [0.15, 0.2) is 0 Å². The van der Waals surface area contributed by atoms with Crippen LogP contribution in [0.15, 0.2) is 108 Å².